The summed E-state index contributed by atoms with van der Waals surface area (Å²) in [4.78, 5) is 14.5. The lowest BCUT2D eigenvalue weighted by molar-refractivity contribution is 0.0754. The molecule has 3 rings (SSSR count). The molecule has 128 valence electrons. The fraction of sp³-hybridized carbons (Fsp3) is 0.421. The Morgan fingerprint density at radius 2 is 2.17 bits per heavy atom. The molecule has 1 saturated heterocycles. The minimum atomic E-state index is -0.0253. The molecular formula is C19H24N2O3. The molecule has 5 nitrogen and oxygen atoms in total. The van der Waals surface area contributed by atoms with Crippen LogP contribution in [0.5, 0.6) is 5.75 Å². The molecule has 1 aromatic heterocycles. The molecular weight excluding hydrogens is 304 g/mol. The summed E-state index contributed by atoms with van der Waals surface area (Å²) in [5.41, 5.74) is 0.910. The van der Waals surface area contributed by atoms with E-state index in [1.165, 1.54) is 0 Å². The summed E-state index contributed by atoms with van der Waals surface area (Å²) in [5, 5.41) is 3.18. The molecule has 0 radical (unpaired) electrons. The minimum Gasteiger partial charge on any atom is -0.489 e. The number of rotatable bonds is 6. The zero-order chi connectivity index (χ0) is 16.9. The molecule has 5 heteroatoms. The number of nitrogens with zero attached hydrogens (tertiary/aromatic N) is 1. The van der Waals surface area contributed by atoms with Crippen molar-refractivity contribution in [3.63, 3.8) is 0 Å². The maximum atomic E-state index is 12.6. The van der Waals surface area contributed by atoms with E-state index in [9.17, 15) is 4.79 Å². The average molecular weight is 328 g/mol. The molecule has 0 saturated carbocycles. The van der Waals surface area contributed by atoms with E-state index in [0.717, 1.165) is 43.1 Å². The van der Waals surface area contributed by atoms with Crippen LogP contribution in [-0.2, 0) is 6.61 Å². The fourth-order valence-corrected chi connectivity index (χ4v) is 3.07. The third-order valence-electron chi connectivity index (χ3n) is 4.43. The highest BCUT2D eigenvalue weighted by atomic mass is 16.5. The summed E-state index contributed by atoms with van der Waals surface area (Å²) >= 11 is 0. The number of hydrogen-bond acceptors (Lipinski definition) is 4. The summed E-state index contributed by atoms with van der Waals surface area (Å²) in [5.74, 6) is 2.45. The molecule has 1 aromatic carbocycles. The van der Waals surface area contributed by atoms with Gasteiger partial charge in [0.15, 0.2) is 5.76 Å². The number of hydrogen-bond donors (Lipinski definition) is 1. The van der Waals surface area contributed by atoms with Crippen LogP contribution in [0.1, 0.15) is 28.3 Å². The van der Waals surface area contributed by atoms with Gasteiger partial charge in [0.2, 0.25) is 0 Å². The fourth-order valence-electron chi connectivity index (χ4n) is 3.07. The maximum Gasteiger partial charge on any atom is 0.289 e. The van der Waals surface area contributed by atoms with Gasteiger partial charge in [-0.3, -0.25) is 4.79 Å². The third kappa shape index (κ3) is 3.79. The van der Waals surface area contributed by atoms with Crippen molar-refractivity contribution in [2.45, 2.75) is 20.0 Å². The summed E-state index contributed by atoms with van der Waals surface area (Å²) in [7, 11) is 1.94. The van der Waals surface area contributed by atoms with Crippen molar-refractivity contribution in [2.75, 3.05) is 26.7 Å². The van der Waals surface area contributed by atoms with E-state index in [1.54, 1.807) is 0 Å². The number of benzene rings is 1. The molecule has 1 amide bonds. The van der Waals surface area contributed by atoms with Crippen LogP contribution in [-0.4, -0.2) is 37.5 Å². The van der Waals surface area contributed by atoms with E-state index < -0.39 is 0 Å². The highest BCUT2D eigenvalue weighted by Crippen LogP contribution is 2.22. The topological polar surface area (TPSA) is 54.7 Å². The van der Waals surface area contributed by atoms with Gasteiger partial charge in [0.25, 0.3) is 5.91 Å². The standard InChI is InChI=1S/C19H24N2O3/c1-14-16(13-23-17-6-4-3-5-7-17)10-18(24-14)19(22)21-9-8-15(12-21)11-20-2/h3-7,10,15,20H,8-9,11-13H2,1-2H3/t15-/m1/s1. The predicted octanol–water partition coefficient (Wildman–Crippen LogP) is 2.85. The first-order chi connectivity index (χ1) is 11.7. The number of aryl methyl sites for hydroxylation is 1. The molecule has 24 heavy (non-hydrogen) atoms. The Balaban J connectivity index is 1.62. The Morgan fingerprint density at radius 3 is 2.92 bits per heavy atom. The molecule has 1 fully saturated rings. The third-order valence-corrected chi connectivity index (χ3v) is 4.43. The van der Waals surface area contributed by atoms with Crippen molar-refractivity contribution < 1.29 is 13.9 Å². The van der Waals surface area contributed by atoms with E-state index in [0.29, 0.717) is 18.3 Å². The molecule has 0 aliphatic carbocycles. The first kappa shape index (κ1) is 16.6. The van der Waals surface area contributed by atoms with Crippen LogP contribution in [0.25, 0.3) is 0 Å². The normalized spacial score (nSPS) is 17.2. The van der Waals surface area contributed by atoms with Gasteiger partial charge in [0, 0.05) is 18.7 Å². The Kier molecular flexibility index (Phi) is 5.20. The summed E-state index contributed by atoms with van der Waals surface area (Å²) in [6, 6.07) is 11.4. The summed E-state index contributed by atoms with van der Waals surface area (Å²) in [6.45, 7) is 4.79. The monoisotopic (exact) mass is 328 g/mol. The van der Waals surface area contributed by atoms with Crippen molar-refractivity contribution >= 4 is 5.91 Å². The van der Waals surface area contributed by atoms with Gasteiger partial charge >= 0.3 is 0 Å². The van der Waals surface area contributed by atoms with E-state index in [-0.39, 0.29) is 5.91 Å². The van der Waals surface area contributed by atoms with Crippen molar-refractivity contribution in [1.29, 1.82) is 0 Å². The van der Waals surface area contributed by atoms with E-state index in [1.807, 2.05) is 55.3 Å². The number of likely N-dealkylation sites (tertiary alicyclic amines) is 1. The number of furan rings is 1. The second kappa shape index (κ2) is 7.53. The number of nitrogens with one attached hydrogen (secondary N) is 1. The number of ether oxygens (including phenoxy) is 1. The van der Waals surface area contributed by atoms with Crippen LogP contribution in [0.15, 0.2) is 40.8 Å². The Bertz CT molecular complexity index is 681. The van der Waals surface area contributed by atoms with Gasteiger partial charge in [-0.25, -0.2) is 0 Å². The quantitative estimate of drug-likeness (QED) is 0.886. The van der Waals surface area contributed by atoms with Crippen molar-refractivity contribution in [2.24, 2.45) is 5.92 Å². The minimum absolute atomic E-state index is 0.0253. The lowest BCUT2D eigenvalue weighted by atomic mass is 10.1. The van der Waals surface area contributed by atoms with Crippen molar-refractivity contribution in [1.82, 2.24) is 10.2 Å². The van der Waals surface area contributed by atoms with E-state index in [4.69, 9.17) is 9.15 Å². The van der Waals surface area contributed by atoms with Gasteiger partial charge in [0.1, 0.15) is 18.1 Å². The van der Waals surface area contributed by atoms with Crippen LogP contribution in [0.2, 0.25) is 0 Å². The molecule has 1 aliphatic rings. The second-order valence-electron chi connectivity index (χ2n) is 6.26. The van der Waals surface area contributed by atoms with Gasteiger partial charge in [-0.05, 0) is 51.1 Å². The van der Waals surface area contributed by atoms with Gasteiger partial charge in [0.05, 0.1) is 0 Å². The Hall–Kier alpha value is -2.27. The van der Waals surface area contributed by atoms with Gasteiger partial charge < -0.3 is 19.4 Å². The van der Waals surface area contributed by atoms with Crippen LogP contribution in [0.4, 0.5) is 0 Å². The van der Waals surface area contributed by atoms with Gasteiger partial charge in [-0.1, -0.05) is 18.2 Å². The second-order valence-corrected chi connectivity index (χ2v) is 6.26. The highest BCUT2D eigenvalue weighted by Gasteiger charge is 2.28. The Labute approximate surface area is 142 Å². The number of para-hydroxylation sites is 1. The maximum absolute atomic E-state index is 12.6. The SMILES string of the molecule is CNC[C@H]1CCN(C(=O)c2cc(COc3ccccc3)c(C)o2)C1. The number of amides is 1. The van der Waals surface area contributed by atoms with Crippen LogP contribution in [0, 0.1) is 12.8 Å². The summed E-state index contributed by atoms with van der Waals surface area (Å²) in [6.07, 6.45) is 1.04. The predicted molar refractivity (Wildman–Crippen MR) is 92.2 cm³/mol. The molecule has 2 heterocycles. The van der Waals surface area contributed by atoms with Crippen LogP contribution < -0.4 is 10.1 Å². The van der Waals surface area contributed by atoms with Crippen LogP contribution in [0.3, 0.4) is 0 Å². The van der Waals surface area contributed by atoms with Gasteiger partial charge in [-0.15, -0.1) is 0 Å². The zero-order valence-electron chi connectivity index (χ0n) is 14.2. The molecule has 1 atom stereocenters. The lowest BCUT2D eigenvalue weighted by Gasteiger charge is -2.14. The number of carbonyl (C=O) groups is 1. The zero-order valence-corrected chi connectivity index (χ0v) is 14.2. The van der Waals surface area contributed by atoms with E-state index >= 15 is 0 Å². The molecule has 1 N–H and O–H groups in total. The molecule has 0 spiro atoms. The van der Waals surface area contributed by atoms with Crippen molar-refractivity contribution in [3.05, 3.63) is 53.5 Å². The average Bonchev–Trinajstić information content (AvgIpc) is 3.21. The van der Waals surface area contributed by atoms with Gasteiger partial charge in [-0.2, -0.15) is 0 Å². The van der Waals surface area contributed by atoms with Crippen LogP contribution >= 0.6 is 0 Å². The molecule has 1 aliphatic heterocycles. The van der Waals surface area contributed by atoms with Crippen molar-refractivity contribution in [3.8, 4) is 5.75 Å². The first-order valence-electron chi connectivity index (χ1n) is 8.38. The smallest absolute Gasteiger partial charge is 0.289 e. The Morgan fingerprint density at radius 1 is 1.38 bits per heavy atom. The molecule has 2 aromatic rings. The summed E-state index contributed by atoms with van der Waals surface area (Å²) < 4.78 is 11.4. The lowest BCUT2D eigenvalue weighted by Crippen LogP contribution is -2.30. The van der Waals surface area contributed by atoms with E-state index in [2.05, 4.69) is 5.32 Å². The largest absolute Gasteiger partial charge is 0.489 e. The number of carbonyl (C=O) groups excluding carboxylic acids is 1. The highest BCUT2D eigenvalue weighted by molar-refractivity contribution is 5.92. The molecule has 0 bridgehead atoms. The molecule has 0 unspecified atom stereocenters. The first-order valence-corrected chi connectivity index (χ1v) is 8.38.